The second kappa shape index (κ2) is 11.0. The van der Waals surface area contributed by atoms with Crippen molar-refractivity contribution in [3.05, 3.63) is 75.7 Å². The highest BCUT2D eigenvalue weighted by Gasteiger charge is 2.23. The van der Waals surface area contributed by atoms with Crippen LogP contribution in [0.4, 0.5) is 5.69 Å². The lowest BCUT2D eigenvalue weighted by molar-refractivity contribution is 0.414. The third-order valence-electron chi connectivity index (χ3n) is 4.64. The van der Waals surface area contributed by atoms with E-state index in [1.165, 1.54) is 18.4 Å². The summed E-state index contributed by atoms with van der Waals surface area (Å²) in [6.45, 7) is 2.00. The number of ether oxygens (including phenoxy) is 1. The minimum atomic E-state index is -3.68. The number of hydrogen-bond acceptors (Lipinski definition) is 6. The molecule has 0 aliphatic rings. The maximum absolute atomic E-state index is 13.0. The number of anilines is 1. The number of nitrogens with one attached hydrogen (secondary N) is 2. The Morgan fingerprint density at radius 3 is 2.56 bits per heavy atom. The molecule has 2 atom stereocenters. The van der Waals surface area contributed by atoms with Crippen LogP contribution in [0.3, 0.4) is 0 Å². The van der Waals surface area contributed by atoms with Gasteiger partial charge in [-0.15, -0.1) is 11.3 Å². The molecule has 3 aromatic rings. The minimum Gasteiger partial charge on any atom is -0.497 e. The van der Waals surface area contributed by atoms with Crippen LogP contribution >= 0.6 is 11.3 Å². The van der Waals surface area contributed by atoms with Crippen molar-refractivity contribution in [2.45, 2.75) is 31.6 Å². The van der Waals surface area contributed by atoms with Gasteiger partial charge in [0, 0.05) is 11.1 Å². The second-order valence-corrected chi connectivity index (χ2v) is 10.5. The maximum Gasteiger partial charge on any atom is 0.259 e. The first kappa shape index (κ1) is 24.3. The average molecular weight is 496 g/mol. The Kier molecular flexibility index (Phi) is 8.38. The molecule has 1 heterocycles. The standard InChI is InChI=1S/C21H25N3O5S3/c1-3-21-22-20(13-30-21)19(12-15-7-9-17(10-8-15)23-31(25)26)24-32(27,28)14-16-5-4-6-18(11-16)29-2/h4-11,13,19,23-24H,3,12,14H2,1-2H3,(H,25,26)/t19-/m0/s1. The number of methoxy groups -OCH3 is 1. The summed E-state index contributed by atoms with van der Waals surface area (Å²) in [6, 6.07) is 13.3. The summed E-state index contributed by atoms with van der Waals surface area (Å²) in [5, 5.41) is 2.81. The lowest BCUT2D eigenvalue weighted by atomic mass is 10.0. The van der Waals surface area contributed by atoms with E-state index in [-0.39, 0.29) is 5.75 Å². The molecule has 11 heteroatoms. The van der Waals surface area contributed by atoms with Crippen LogP contribution in [0.5, 0.6) is 5.75 Å². The van der Waals surface area contributed by atoms with E-state index in [1.54, 1.807) is 48.5 Å². The quantitative estimate of drug-likeness (QED) is 0.350. The van der Waals surface area contributed by atoms with Gasteiger partial charge in [-0.3, -0.25) is 9.27 Å². The van der Waals surface area contributed by atoms with Gasteiger partial charge in [0.25, 0.3) is 11.3 Å². The number of nitrogens with zero attached hydrogens (tertiary/aromatic N) is 1. The van der Waals surface area contributed by atoms with Crippen LogP contribution in [0, 0.1) is 0 Å². The zero-order valence-corrected chi connectivity index (χ0v) is 20.1. The first-order valence-electron chi connectivity index (χ1n) is 9.81. The van der Waals surface area contributed by atoms with Gasteiger partial charge in [-0.1, -0.05) is 31.2 Å². The first-order chi connectivity index (χ1) is 15.3. The summed E-state index contributed by atoms with van der Waals surface area (Å²) in [5.74, 6) is 0.412. The minimum absolute atomic E-state index is 0.184. The lowest BCUT2D eigenvalue weighted by Crippen LogP contribution is -2.31. The van der Waals surface area contributed by atoms with Gasteiger partial charge in [0.05, 0.1) is 29.6 Å². The highest BCUT2D eigenvalue weighted by molar-refractivity contribution is 7.88. The molecule has 3 N–H and O–H groups in total. The van der Waals surface area contributed by atoms with Crippen LogP contribution in [-0.2, 0) is 39.9 Å². The SMILES string of the molecule is CCc1nc([C@H](Cc2ccc(NS(=O)O)cc2)NS(=O)(=O)Cc2cccc(OC)c2)cs1. The predicted octanol–water partition coefficient (Wildman–Crippen LogP) is 3.67. The van der Waals surface area contributed by atoms with E-state index in [4.69, 9.17) is 9.29 Å². The molecule has 0 aliphatic heterocycles. The van der Waals surface area contributed by atoms with Crippen molar-refractivity contribution < 1.29 is 21.9 Å². The van der Waals surface area contributed by atoms with Crippen LogP contribution in [0.1, 0.15) is 34.8 Å². The molecular formula is C21H25N3O5S3. The molecule has 0 radical (unpaired) electrons. The van der Waals surface area contributed by atoms with Crippen LogP contribution in [0.2, 0.25) is 0 Å². The number of benzene rings is 2. The molecule has 172 valence electrons. The molecule has 8 nitrogen and oxygen atoms in total. The Hall–Kier alpha value is -2.31. The summed E-state index contributed by atoms with van der Waals surface area (Å²) in [7, 11) is -2.14. The topological polar surface area (TPSA) is 118 Å². The normalized spacial score (nSPS) is 13.5. The molecule has 0 saturated heterocycles. The third kappa shape index (κ3) is 7.10. The zero-order valence-electron chi connectivity index (χ0n) is 17.6. The van der Waals surface area contributed by atoms with Gasteiger partial charge >= 0.3 is 0 Å². The van der Waals surface area contributed by atoms with E-state index in [9.17, 15) is 12.6 Å². The van der Waals surface area contributed by atoms with Crippen molar-refractivity contribution in [1.29, 1.82) is 0 Å². The average Bonchev–Trinajstić information content (AvgIpc) is 3.23. The molecule has 0 bridgehead atoms. The number of hydrogen-bond donors (Lipinski definition) is 3. The Morgan fingerprint density at radius 2 is 1.94 bits per heavy atom. The largest absolute Gasteiger partial charge is 0.497 e. The first-order valence-corrected chi connectivity index (χ1v) is 13.5. The van der Waals surface area contributed by atoms with Crippen molar-refractivity contribution >= 4 is 38.3 Å². The molecule has 3 rings (SSSR count). The Balaban J connectivity index is 1.81. The summed E-state index contributed by atoms with van der Waals surface area (Å²) >= 11 is -0.658. The van der Waals surface area contributed by atoms with E-state index in [0.717, 1.165) is 17.0 Å². The summed E-state index contributed by atoms with van der Waals surface area (Å²) in [4.78, 5) is 4.59. The molecule has 0 saturated carbocycles. The Morgan fingerprint density at radius 1 is 1.19 bits per heavy atom. The fraction of sp³-hybridized carbons (Fsp3) is 0.286. The molecule has 0 spiro atoms. The van der Waals surface area contributed by atoms with Crippen LogP contribution < -0.4 is 14.2 Å². The van der Waals surface area contributed by atoms with Gasteiger partial charge in [0.15, 0.2) is 0 Å². The van der Waals surface area contributed by atoms with E-state index in [0.29, 0.717) is 29.1 Å². The molecule has 1 aromatic heterocycles. The van der Waals surface area contributed by atoms with Gasteiger partial charge in [0.1, 0.15) is 5.75 Å². The van der Waals surface area contributed by atoms with Gasteiger partial charge in [0.2, 0.25) is 10.0 Å². The number of sulfonamides is 1. The van der Waals surface area contributed by atoms with E-state index >= 15 is 0 Å². The highest BCUT2D eigenvalue weighted by atomic mass is 32.2. The molecule has 0 fully saturated rings. The summed E-state index contributed by atoms with van der Waals surface area (Å²) < 4.78 is 56.2. The fourth-order valence-corrected chi connectivity index (χ4v) is 5.62. The predicted molar refractivity (Wildman–Crippen MR) is 128 cm³/mol. The molecular weight excluding hydrogens is 470 g/mol. The summed E-state index contributed by atoms with van der Waals surface area (Å²) in [6.07, 6.45) is 1.15. The maximum atomic E-state index is 13.0. The zero-order chi connectivity index (χ0) is 23.1. The number of rotatable bonds is 11. The van der Waals surface area contributed by atoms with Gasteiger partial charge in [-0.25, -0.2) is 22.3 Å². The van der Waals surface area contributed by atoms with Crippen molar-refractivity contribution in [2.75, 3.05) is 11.8 Å². The Bertz CT molecular complexity index is 1160. The van der Waals surface area contributed by atoms with Crippen LogP contribution in [0.15, 0.2) is 53.9 Å². The molecule has 0 aliphatic carbocycles. The van der Waals surface area contributed by atoms with Crippen molar-refractivity contribution in [3.8, 4) is 5.75 Å². The van der Waals surface area contributed by atoms with E-state index in [1.807, 2.05) is 12.3 Å². The lowest BCUT2D eigenvalue weighted by Gasteiger charge is -2.18. The van der Waals surface area contributed by atoms with E-state index < -0.39 is 27.3 Å². The van der Waals surface area contributed by atoms with Crippen LogP contribution in [-0.4, -0.2) is 29.3 Å². The smallest absolute Gasteiger partial charge is 0.259 e. The molecule has 0 amide bonds. The fourth-order valence-electron chi connectivity index (χ4n) is 3.14. The van der Waals surface area contributed by atoms with Gasteiger partial charge < -0.3 is 4.74 Å². The number of thiazole rings is 1. The number of aromatic nitrogens is 1. The molecule has 32 heavy (non-hydrogen) atoms. The highest BCUT2D eigenvalue weighted by Crippen LogP contribution is 2.24. The van der Waals surface area contributed by atoms with Crippen LogP contribution in [0.25, 0.3) is 0 Å². The molecule has 1 unspecified atom stereocenters. The van der Waals surface area contributed by atoms with Gasteiger partial charge in [-0.05, 0) is 48.2 Å². The second-order valence-electron chi connectivity index (χ2n) is 7.05. The van der Waals surface area contributed by atoms with Crippen molar-refractivity contribution in [3.63, 3.8) is 0 Å². The third-order valence-corrected chi connectivity index (χ3v) is 7.42. The number of aryl methyl sites for hydroxylation is 1. The molecule has 2 aromatic carbocycles. The van der Waals surface area contributed by atoms with Gasteiger partial charge in [-0.2, -0.15) is 0 Å². The monoisotopic (exact) mass is 495 g/mol. The Labute approximate surface area is 194 Å². The van der Waals surface area contributed by atoms with Crippen molar-refractivity contribution in [2.24, 2.45) is 0 Å². The van der Waals surface area contributed by atoms with Crippen molar-refractivity contribution in [1.82, 2.24) is 9.71 Å². The van der Waals surface area contributed by atoms with E-state index in [2.05, 4.69) is 14.4 Å². The summed E-state index contributed by atoms with van der Waals surface area (Å²) in [5.41, 5.74) is 2.64.